The van der Waals surface area contributed by atoms with Crippen LogP contribution >= 0.6 is 11.6 Å². The van der Waals surface area contributed by atoms with Gasteiger partial charge < -0.3 is 20.3 Å². The number of likely N-dealkylation sites (tertiary alicyclic amines) is 1. The standard InChI is InChI=1S/C24H27ClFN5O/c1-15-9-21-18(24(29-14-28-21)30-17-3-4-20(26)19(25)10-17)11-23(15)32-8-2-7-31-12-16-5-6-27-22(16)13-31/h3-4,9-11,14,16,22,27H,2,5-8,12-13H2,1H3,(H,28,29,30). The Balaban J connectivity index is 1.25. The minimum Gasteiger partial charge on any atom is -0.493 e. The molecule has 6 nitrogen and oxygen atoms in total. The van der Waals surface area contributed by atoms with Crippen molar-refractivity contribution < 1.29 is 9.13 Å². The van der Waals surface area contributed by atoms with Gasteiger partial charge in [-0.1, -0.05) is 11.6 Å². The molecule has 2 aromatic carbocycles. The van der Waals surface area contributed by atoms with Gasteiger partial charge in [0.05, 0.1) is 17.1 Å². The van der Waals surface area contributed by atoms with Gasteiger partial charge in [-0.3, -0.25) is 0 Å². The topological polar surface area (TPSA) is 62.3 Å². The zero-order valence-corrected chi connectivity index (χ0v) is 18.8. The number of aryl methyl sites for hydroxylation is 1. The van der Waals surface area contributed by atoms with Gasteiger partial charge in [0.25, 0.3) is 0 Å². The molecule has 3 heterocycles. The predicted octanol–water partition coefficient (Wildman–Crippen LogP) is 4.54. The van der Waals surface area contributed by atoms with Crippen LogP contribution in [0.5, 0.6) is 5.75 Å². The van der Waals surface area contributed by atoms with Crippen molar-refractivity contribution in [1.29, 1.82) is 0 Å². The molecule has 0 aliphatic carbocycles. The van der Waals surface area contributed by atoms with Gasteiger partial charge in [0.1, 0.15) is 23.7 Å². The van der Waals surface area contributed by atoms with Crippen molar-refractivity contribution in [2.45, 2.75) is 25.8 Å². The van der Waals surface area contributed by atoms with Crippen molar-refractivity contribution >= 4 is 34.0 Å². The first kappa shape index (κ1) is 21.4. The zero-order valence-electron chi connectivity index (χ0n) is 18.1. The van der Waals surface area contributed by atoms with Gasteiger partial charge in [0, 0.05) is 36.7 Å². The summed E-state index contributed by atoms with van der Waals surface area (Å²) < 4.78 is 19.6. The number of ether oxygens (including phenoxy) is 1. The van der Waals surface area contributed by atoms with E-state index in [1.807, 2.05) is 19.1 Å². The van der Waals surface area contributed by atoms with Gasteiger partial charge in [-0.15, -0.1) is 0 Å². The Morgan fingerprint density at radius 2 is 2.16 bits per heavy atom. The molecule has 32 heavy (non-hydrogen) atoms. The van der Waals surface area contributed by atoms with Crippen LogP contribution in [0.2, 0.25) is 5.02 Å². The SMILES string of the molecule is Cc1cc2ncnc(Nc3ccc(F)c(Cl)c3)c2cc1OCCCN1CC2CCNC2C1. The maximum absolute atomic E-state index is 13.5. The Bertz CT molecular complexity index is 1110. The molecule has 2 fully saturated rings. The maximum Gasteiger partial charge on any atom is 0.141 e. The Morgan fingerprint density at radius 1 is 1.25 bits per heavy atom. The monoisotopic (exact) mass is 455 g/mol. The number of hydrogen-bond acceptors (Lipinski definition) is 6. The molecular weight excluding hydrogens is 429 g/mol. The number of rotatable bonds is 7. The van der Waals surface area contributed by atoms with E-state index in [-0.39, 0.29) is 5.02 Å². The number of halogens is 2. The third kappa shape index (κ3) is 4.51. The minimum absolute atomic E-state index is 0.0608. The molecule has 0 radical (unpaired) electrons. The van der Waals surface area contributed by atoms with E-state index in [2.05, 4.69) is 25.5 Å². The average molecular weight is 456 g/mol. The molecule has 5 rings (SSSR count). The number of hydrogen-bond donors (Lipinski definition) is 2. The molecule has 2 aliphatic heterocycles. The van der Waals surface area contributed by atoms with Crippen molar-refractivity contribution in [3.05, 3.63) is 53.1 Å². The summed E-state index contributed by atoms with van der Waals surface area (Å²) in [5.74, 6) is 1.82. The molecule has 1 aromatic heterocycles. The Hall–Kier alpha value is -2.48. The van der Waals surface area contributed by atoms with Gasteiger partial charge in [-0.2, -0.15) is 0 Å². The van der Waals surface area contributed by atoms with E-state index < -0.39 is 5.82 Å². The summed E-state index contributed by atoms with van der Waals surface area (Å²) >= 11 is 5.92. The Morgan fingerprint density at radius 3 is 3.00 bits per heavy atom. The first-order valence-electron chi connectivity index (χ1n) is 11.1. The van der Waals surface area contributed by atoms with Crippen molar-refractivity contribution in [3.8, 4) is 5.75 Å². The van der Waals surface area contributed by atoms with Gasteiger partial charge in [-0.05, 0) is 68.1 Å². The fourth-order valence-corrected chi connectivity index (χ4v) is 4.93. The number of aromatic nitrogens is 2. The Kier molecular flexibility index (Phi) is 6.13. The average Bonchev–Trinajstić information content (AvgIpc) is 3.36. The molecule has 2 atom stereocenters. The second-order valence-corrected chi connectivity index (χ2v) is 9.09. The summed E-state index contributed by atoms with van der Waals surface area (Å²) in [6.07, 6.45) is 3.80. The molecule has 2 N–H and O–H groups in total. The lowest BCUT2D eigenvalue weighted by atomic mass is 10.1. The molecule has 8 heteroatoms. The van der Waals surface area contributed by atoms with E-state index in [1.54, 1.807) is 12.1 Å². The number of anilines is 2. The van der Waals surface area contributed by atoms with E-state index >= 15 is 0 Å². The van der Waals surface area contributed by atoms with Gasteiger partial charge >= 0.3 is 0 Å². The fourth-order valence-electron chi connectivity index (χ4n) is 4.74. The van der Waals surface area contributed by atoms with Crippen LogP contribution in [0, 0.1) is 18.7 Å². The summed E-state index contributed by atoms with van der Waals surface area (Å²) in [4.78, 5) is 11.3. The van der Waals surface area contributed by atoms with Crippen molar-refractivity contribution in [1.82, 2.24) is 20.2 Å². The van der Waals surface area contributed by atoms with Crippen molar-refractivity contribution in [2.75, 3.05) is 38.1 Å². The summed E-state index contributed by atoms with van der Waals surface area (Å²) in [7, 11) is 0. The largest absolute Gasteiger partial charge is 0.493 e. The smallest absolute Gasteiger partial charge is 0.141 e. The highest BCUT2D eigenvalue weighted by atomic mass is 35.5. The van der Waals surface area contributed by atoms with E-state index in [1.165, 1.54) is 31.9 Å². The third-order valence-electron chi connectivity index (χ3n) is 6.43. The van der Waals surface area contributed by atoms with E-state index in [0.717, 1.165) is 47.6 Å². The molecule has 3 aromatic rings. The second kappa shape index (κ2) is 9.17. The van der Waals surface area contributed by atoms with Crippen LogP contribution in [0.3, 0.4) is 0 Å². The number of benzene rings is 2. The number of nitrogens with zero attached hydrogens (tertiary/aromatic N) is 3. The molecule has 0 amide bonds. The van der Waals surface area contributed by atoms with Crippen LogP contribution in [-0.4, -0.2) is 53.7 Å². The third-order valence-corrected chi connectivity index (χ3v) is 6.72. The quantitative estimate of drug-likeness (QED) is 0.510. The van der Waals surface area contributed by atoms with Crippen LogP contribution < -0.4 is 15.4 Å². The summed E-state index contributed by atoms with van der Waals surface area (Å²) in [5, 5.41) is 7.72. The molecule has 0 saturated carbocycles. The summed E-state index contributed by atoms with van der Waals surface area (Å²) in [5.41, 5.74) is 2.51. The summed E-state index contributed by atoms with van der Waals surface area (Å²) in [6.45, 7) is 7.27. The van der Waals surface area contributed by atoms with E-state index in [9.17, 15) is 4.39 Å². The second-order valence-electron chi connectivity index (χ2n) is 8.68. The van der Waals surface area contributed by atoms with Gasteiger partial charge in [0.2, 0.25) is 0 Å². The van der Waals surface area contributed by atoms with Crippen LogP contribution in [0.4, 0.5) is 15.9 Å². The lowest BCUT2D eigenvalue weighted by Gasteiger charge is -2.17. The number of nitrogens with one attached hydrogen (secondary N) is 2. The molecule has 2 aliphatic rings. The van der Waals surface area contributed by atoms with Crippen molar-refractivity contribution in [3.63, 3.8) is 0 Å². The minimum atomic E-state index is -0.454. The van der Waals surface area contributed by atoms with E-state index in [0.29, 0.717) is 24.2 Å². The normalized spacial score (nSPS) is 20.6. The van der Waals surface area contributed by atoms with Crippen molar-refractivity contribution in [2.24, 2.45) is 5.92 Å². The molecule has 2 unspecified atom stereocenters. The highest BCUT2D eigenvalue weighted by molar-refractivity contribution is 6.31. The first-order valence-corrected chi connectivity index (χ1v) is 11.5. The zero-order chi connectivity index (χ0) is 22.1. The highest BCUT2D eigenvalue weighted by Crippen LogP contribution is 2.31. The lowest BCUT2D eigenvalue weighted by molar-refractivity contribution is 0.254. The molecule has 0 bridgehead atoms. The fraction of sp³-hybridized carbons (Fsp3) is 0.417. The first-order chi connectivity index (χ1) is 15.6. The Labute approximate surface area is 192 Å². The molecule has 0 spiro atoms. The maximum atomic E-state index is 13.5. The van der Waals surface area contributed by atoms with Gasteiger partial charge in [0.15, 0.2) is 0 Å². The van der Waals surface area contributed by atoms with Crippen LogP contribution in [-0.2, 0) is 0 Å². The van der Waals surface area contributed by atoms with Crippen LogP contribution in [0.1, 0.15) is 18.4 Å². The van der Waals surface area contributed by atoms with Crippen LogP contribution in [0.25, 0.3) is 10.9 Å². The van der Waals surface area contributed by atoms with E-state index in [4.69, 9.17) is 16.3 Å². The molecule has 168 valence electrons. The predicted molar refractivity (Wildman–Crippen MR) is 125 cm³/mol. The highest BCUT2D eigenvalue weighted by Gasteiger charge is 2.35. The molecular formula is C24H27ClFN5O. The summed E-state index contributed by atoms with van der Waals surface area (Å²) in [6, 6.07) is 9.16. The number of fused-ring (bicyclic) bond motifs is 2. The van der Waals surface area contributed by atoms with Crippen LogP contribution in [0.15, 0.2) is 36.7 Å². The van der Waals surface area contributed by atoms with Gasteiger partial charge in [-0.25, -0.2) is 14.4 Å². The molecule has 2 saturated heterocycles. The lowest BCUT2D eigenvalue weighted by Crippen LogP contribution is -2.31.